The molecule has 3 aromatic carbocycles. The van der Waals surface area contributed by atoms with Crippen LogP contribution in [0.1, 0.15) is 21.5 Å². The molecule has 0 atom stereocenters. The number of esters is 1. The zero-order chi connectivity index (χ0) is 29.8. The molecule has 0 aliphatic carbocycles. The van der Waals surface area contributed by atoms with Crippen LogP contribution in [-0.4, -0.2) is 98.5 Å². The Bertz CT molecular complexity index is 1600. The topological polar surface area (TPSA) is 114 Å². The quantitative estimate of drug-likeness (QED) is 0.217. The third kappa shape index (κ3) is 6.14. The van der Waals surface area contributed by atoms with Gasteiger partial charge in [-0.2, -0.15) is 0 Å². The van der Waals surface area contributed by atoms with Gasteiger partial charge in [0.1, 0.15) is 0 Å². The van der Waals surface area contributed by atoms with Crippen molar-refractivity contribution in [3.05, 3.63) is 83.4 Å². The average Bonchev–Trinajstić information content (AvgIpc) is 3.35. The van der Waals surface area contributed by atoms with Crippen molar-refractivity contribution in [2.45, 2.75) is 0 Å². The number of ether oxygens (including phenoxy) is 1. The number of nitrogens with zero attached hydrogens (tertiary/aromatic N) is 4. The number of benzene rings is 3. The molecular weight excluding hydrogens is 532 g/mol. The highest BCUT2D eigenvalue weighted by Gasteiger charge is 2.22. The average molecular weight is 569 g/mol. The van der Waals surface area contributed by atoms with Gasteiger partial charge < -0.3 is 29.9 Å². The molecule has 5 rings (SSSR count). The summed E-state index contributed by atoms with van der Waals surface area (Å²) in [5, 5.41) is 14.8. The standard InChI is InChI=1S/C32H36N6O4/c1-33-23-8-5-21(6-9-23)30(29-26-19-22(32(41)42-4)7-14-27(26)35-31(29)40)34-24-10-12-25(13-11-24)37(3)28(39)20-38-17-15-36(2)16-18-38/h5-14,19,33,35,40H,15-18,20H2,1-4H3. The zero-order valence-corrected chi connectivity index (χ0v) is 24.3. The van der Waals surface area contributed by atoms with E-state index in [2.05, 4.69) is 27.1 Å². The number of carbonyl (C=O) groups is 2. The molecule has 1 aliphatic rings. The maximum absolute atomic E-state index is 13.0. The molecule has 1 fully saturated rings. The Morgan fingerprint density at radius 2 is 1.67 bits per heavy atom. The first kappa shape index (κ1) is 28.8. The number of methoxy groups -OCH3 is 1. The van der Waals surface area contributed by atoms with E-state index < -0.39 is 5.97 Å². The minimum atomic E-state index is -0.470. The van der Waals surface area contributed by atoms with Gasteiger partial charge in [0.2, 0.25) is 5.91 Å². The Balaban J connectivity index is 1.49. The Kier molecular flexibility index (Phi) is 8.56. The highest BCUT2D eigenvalue weighted by Crippen LogP contribution is 2.33. The molecule has 0 bridgehead atoms. The lowest BCUT2D eigenvalue weighted by molar-refractivity contribution is -0.119. The van der Waals surface area contributed by atoms with Crippen molar-refractivity contribution in [1.82, 2.24) is 14.8 Å². The van der Waals surface area contributed by atoms with Crippen molar-refractivity contribution >= 4 is 45.6 Å². The van der Waals surface area contributed by atoms with Gasteiger partial charge in [0.05, 0.1) is 36.2 Å². The molecule has 4 aromatic rings. The maximum Gasteiger partial charge on any atom is 0.337 e. The van der Waals surface area contributed by atoms with Gasteiger partial charge >= 0.3 is 5.97 Å². The molecule has 1 aromatic heterocycles. The fraction of sp³-hybridized carbons (Fsp3) is 0.281. The van der Waals surface area contributed by atoms with Gasteiger partial charge in [-0.25, -0.2) is 9.79 Å². The smallest absolute Gasteiger partial charge is 0.337 e. The van der Waals surface area contributed by atoms with Crippen LogP contribution >= 0.6 is 0 Å². The minimum absolute atomic E-state index is 0.0336. The second-order valence-electron chi connectivity index (χ2n) is 10.4. The van der Waals surface area contributed by atoms with E-state index in [0.29, 0.717) is 40.0 Å². The predicted molar refractivity (Wildman–Crippen MR) is 166 cm³/mol. The largest absolute Gasteiger partial charge is 0.494 e. The fourth-order valence-electron chi connectivity index (χ4n) is 5.05. The number of H-pyrrole nitrogens is 1. The van der Waals surface area contributed by atoms with Crippen LogP contribution < -0.4 is 10.2 Å². The monoisotopic (exact) mass is 568 g/mol. The number of hydrogen-bond acceptors (Lipinski definition) is 8. The molecule has 1 saturated heterocycles. The van der Waals surface area contributed by atoms with Crippen LogP contribution in [0.3, 0.4) is 0 Å². The van der Waals surface area contributed by atoms with Gasteiger partial charge in [-0.3, -0.25) is 9.69 Å². The highest BCUT2D eigenvalue weighted by atomic mass is 16.5. The van der Waals surface area contributed by atoms with Gasteiger partial charge in [0, 0.05) is 68.1 Å². The van der Waals surface area contributed by atoms with E-state index in [1.54, 1.807) is 30.1 Å². The number of aliphatic imine (C=N–C) groups is 1. The molecule has 10 heteroatoms. The van der Waals surface area contributed by atoms with Crippen molar-refractivity contribution < 1.29 is 19.4 Å². The number of aromatic hydroxyl groups is 1. The third-order valence-corrected chi connectivity index (χ3v) is 7.69. The minimum Gasteiger partial charge on any atom is -0.494 e. The molecule has 218 valence electrons. The van der Waals surface area contributed by atoms with Crippen LogP contribution in [0.15, 0.2) is 71.7 Å². The molecule has 0 unspecified atom stereocenters. The maximum atomic E-state index is 13.0. The van der Waals surface area contributed by atoms with Crippen LogP contribution in [-0.2, 0) is 9.53 Å². The molecule has 10 nitrogen and oxygen atoms in total. The first-order valence-corrected chi connectivity index (χ1v) is 13.8. The summed E-state index contributed by atoms with van der Waals surface area (Å²) in [6.45, 7) is 4.05. The van der Waals surface area contributed by atoms with Gasteiger partial charge in [-0.15, -0.1) is 0 Å². The lowest BCUT2D eigenvalue weighted by Gasteiger charge is -2.32. The summed E-state index contributed by atoms with van der Waals surface area (Å²) in [5.41, 5.74) is 5.14. The van der Waals surface area contributed by atoms with Crippen molar-refractivity contribution in [2.24, 2.45) is 4.99 Å². The first-order valence-electron chi connectivity index (χ1n) is 13.8. The van der Waals surface area contributed by atoms with Crippen molar-refractivity contribution in [1.29, 1.82) is 0 Å². The molecule has 1 amide bonds. The van der Waals surface area contributed by atoms with E-state index >= 15 is 0 Å². The van der Waals surface area contributed by atoms with Crippen LogP contribution in [0.25, 0.3) is 10.9 Å². The van der Waals surface area contributed by atoms with Gasteiger partial charge in [0.15, 0.2) is 5.88 Å². The van der Waals surface area contributed by atoms with Gasteiger partial charge in [0.25, 0.3) is 0 Å². The summed E-state index contributed by atoms with van der Waals surface area (Å²) in [6, 6.07) is 20.2. The summed E-state index contributed by atoms with van der Waals surface area (Å²) in [5.74, 6) is -0.497. The number of nitrogens with one attached hydrogen (secondary N) is 2. The van der Waals surface area contributed by atoms with E-state index in [-0.39, 0.29) is 11.8 Å². The lowest BCUT2D eigenvalue weighted by Crippen LogP contribution is -2.48. The number of amides is 1. The van der Waals surface area contributed by atoms with E-state index in [0.717, 1.165) is 43.1 Å². The second-order valence-corrected chi connectivity index (χ2v) is 10.4. The molecule has 3 N–H and O–H groups in total. The van der Waals surface area contributed by atoms with Gasteiger partial charge in [-0.1, -0.05) is 12.1 Å². The number of fused-ring (bicyclic) bond motifs is 1. The number of piperazine rings is 1. The Morgan fingerprint density at radius 1 is 1.00 bits per heavy atom. The Hall–Kier alpha value is -4.67. The number of anilines is 2. The van der Waals surface area contributed by atoms with Crippen LogP contribution in [0.5, 0.6) is 5.88 Å². The molecule has 0 saturated carbocycles. The zero-order valence-electron chi connectivity index (χ0n) is 24.3. The van der Waals surface area contributed by atoms with E-state index in [1.165, 1.54) is 7.11 Å². The number of hydrogen-bond donors (Lipinski definition) is 3. The summed E-state index contributed by atoms with van der Waals surface area (Å²) >= 11 is 0. The lowest BCUT2D eigenvalue weighted by atomic mass is 9.99. The van der Waals surface area contributed by atoms with Crippen molar-refractivity contribution in [2.75, 3.05) is 71.2 Å². The Morgan fingerprint density at radius 3 is 2.31 bits per heavy atom. The van der Waals surface area contributed by atoms with Gasteiger partial charge in [-0.05, 0) is 61.6 Å². The molecule has 0 radical (unpaired) electrons. The summed E-state index contributed by atoms with van der Waals surface area (Å²) in [4.78, 5) is 39.3. The van der Waals surface area contributed by atoms with Crippen molar-refractivity contribution in [3.8, 4) is 5.88 Å². The summed E-state index contributed by atoms with van der Waals surface area (Å²) in [7, 11) is 7.06. The second kappa shape index (κ2) is 12.5. The van der Waals surface area contributed by atoms with E-state index in [1.807, 2.05) is 55.6 Å². The third-order valence-electron chi connectivity index (χ3n) is 7.69. The fourth-order valence-corrected chi connectivity index (χ4v) is 5.05. The molecule has 42 heavy (non-hydrogen) atoms. The molecular formula is C32H36N6O4. The van der Waals surface area contributed by atoms with Crippen LogP contribution in [0.4, 0.5) is 17.1 Å². The number of aromatic nitrogens is 1. The normalized spacial score (nSPS) is 14.6. The highest BCUT2D eigenvalue weighted by molar-refractivity contribution is 6.22. The molecule has 2 heterocycles. The summed E-state index contributed by atoms with van der Waals surface area (Å²) < 4.78 is 4.91. The number of likely N-dealkylation sites (N-methyl/N-ethyl adjacent to an activating group) is 2. The molecule has 1 aliphatic heterocycles. The summed E-state index contributed by atoms with van der Waals surface area (Å²) in [6.07, 6.45) is 0. The van der Waals surface area contributed by atoms with Crippen LogP contribution in [0, 0.1) is 0 Å². The van der Waals surface area contributed by atoms with E-state index in [4.69, 9.17) is 9.73 Å². The van der Waals surface area contributed by atoms with E-state index in [9.17, 15) is 14.7 Å². The SMILES string of the molecule is CNc1ccc(C(=Nc2ccc(N(C)C(=O)CN3CCN(C)CC3)cc2)c2c(O)[nH]c3ccc(C(=O)OC)cc23)cc1. The van der Waals surface area contributed by atoms with Crippen LogP contribution in [0.2, 0.25) is 0 Å². The predicted octanol–water partition coefficient (Wildman–Crippen LogP) is 4.08. The molecule has 0 spiro atoms. The number of rotatable bonds is 8. The first-order chi connectivity index (χ1) is 20.3. The Labute approximate surface area is 245 Å². The number of aromatic amines is 1. The van der Waals surface area contributed by atoms with Crippen molar-refractivity contribution in [3.63, 3.8) is 0 Å². The number of carbonyl (C=O) groups excluding carboxylic acids is 2.